The number of nitrogens with one attached hydrogen (secondary N) is 1. The molecule has 2 aromatic heterocycles. The van der Waals surface area contributed by atoms with Crippen molar-refractivity contribution >= 4 is 17.4 Å². The van der Waals surface area contributed by atoms with Crippen LogP contribution in [0, 0.1) is 6.92 Å². The van der Waals surface area contributed by atoms with E-state index in [1.165, 1.54) is 11.6 Å². The molecule has 3 N–H and O–H groups in total. The highest BCUT2D eigenvalue weighted by Crippen LogP contribution is 2.21. The number of aromatic nitrogens is 3. The summed E-state index contributed by atoms with van der Waals surface area (Å²) in [5.41, 5.74) is 5.48. The number of amides is 1. The smallest absolute Gasteiger partial charge is 0.330 e. The van der Waals surface area contributed by atoms with Gasteiger partial charge in [0.25, 0.3) is 11.5 Å². The van der Waals surface area contributed by atoms with Crippen molar-refractivity contribution in [3.63, 3.8) is 0 Å². The number of rotatable bonds is 6. The molecule has 2 heterocycles. The molecule has 0 aliphatic heterocycles. The van der Waals surface area contributed by atoms with E-state index in [2.05, 4.69) is 10.1 Å². The maximum absolute atomic E-state index is 12.9. The third-order valence-electron chi connectivity index (χ3n) is 4.07. The normalized spacial score (nSPS) is 10.9. The second-order valence-corrected chi connectivity index (χ2v) is 5.78. The molecule has 0 radical (unpaired) electrons. The van der Waals surface area contributed by atoms with Crippen LogP contribution in [-0.2, 0) is 13.0 Å². The van der Waals surface area contributed by atoms with Gasteiger partial charge in [-0.2, -0.15) is 0 Å². The zero-order valence-electron chi connectivity index (χ0n) is 14.9. The third-order valence-corrected chi connectivity index (χ3v) is 4.07. The summed E-state index contributed by atoms with van der Waals surface area (Å²) in [6.07, 6.45) is 2.08. The van der Waals surface area contributed by atoms with Crippen LogP contribution in [0.15, 0.2) is 14.1 Å². The van der Waals surface area contributed by atoms with Gasteiger partial charge in [-0.15, -0.1) is 0 Å². The van der Waals surface area contributed by atoms with E-state index in [-0.39, 0.29) is 11.5 Å². The van der Waals surface area contributed by atoms with E-state index in [0.29, 0.717) is 30.0 Å². The number of carbonyl (C=O) groups excluding carboxylic acids is 1. The number of aromatic amines is 1. The van der Waals surface area contributed by atoms with Crippen molar-refractivity contribution in [3.05, 3.63) is 37.9 Å². The molecule has 1 amide bonds. The highest BCUT2D eigenvalue weighted by Gasteiger charge is 2.27. The minimum atomic E-state index is -0.710. The Morgan fingerprint density at radius 1 is 1.36 bits per heavy atom. The lowest BCUT2D eigenvalue weighted by Crippen LogP contribution is -2.39. The number of carbonyl (C=O) groups is 1. The summed E-state index contributed by atoms with van der Waals surface area (Å²) in [7, 11) is 1.43. The van der Waals surface area contributed by atoms with E-state index in [0.717, 1.165) is 17.7 Å². The second-order valence-electron chi connectivity index (χ2n) is 5.78. The molecular formula is C16H23N5O4. The van der Waals surface area contributed by atoms with Gasteiger partial charge in [-0.25, -0.2) is 4.79 Å². The summed E-state index contributed by atoms with van der Waals surface area (Å²) in [5, 5.41) is 3.85. The molecule has 9 heteroatoms. The van der Waals surface area contributed by atoms with Crippen molar-refractivity contribution in [1.82, 2.24) is 14.7 Å². The van der Waals surface area contributed by atoms with Crippen LogP contribution in [0.3, 0.4) is 0 Å². The third kappa shape index (κ3) is 3.35. The van der Waals surface area contributed by atoms with Crippen molar-refractivity contribution in [2.75, 3.05) is 17.7 Å². The van der Waals surface area contributed by atoms with Crippen LogP contribution in [0.25, 0.3) is 0 Å². The van der Waals surface area contributed by atoms with E-state index >= 15 is 0 Å². The number of hydrogen-bond donors (Lipinski definition) is 2. The number of aryl methyl sites for hydroxylation is 2. The number of unbranched alkanes of at least 4 members (excludes halogenated alkanes) is 1. The molecule has 2 aromatic rings. The molecule has 0 spiro atoms. The molecule has 9 nitrogen and oxygen atoms in total. The fourth-order valence-corrected chi connectivity index (χ4v) is 2.64. The molecule has 0 atom stereocenters. The largest absolute Gasteiger partial charge is 0.383 e. The summed E-state index contributed by atoms with van der Waals surface area (Å²) in [6, 6.07) is 0. The Hall–Kier alpha value is -2.84. The van der Waals surface area contributed by atoms with Crippen molar-refractivity contribution < 1.29 is 9.32 Å². The van der Waals surface area contributed by atoms with Gasteiger partial charge in [-0.3, -0.25) is 19.1 Å². The van der Waals surface area contributed by atoms with Crippen molar-refractivity contribution in [1.29, 1.82) is 0 Å². The van der Waals surface area contributed by atoms with Gasteiger partial charge >= 0.3 is 5.69 Å². The monoisotopic (exact) mass is 349 g/mol. The maximum atomic E-state index is 12.9. The predicted octanol–water partition coefficient (Wildman–Crippen LogP) is 1.05. The zero-order valence-corrected chi connectivity index (χ0v) is 14.9. The van der Waals surface area contributed by atoms with Gasteiger partial charge in [-0.05, 0) is 19.8 Å². The van der Waals surface area contributed by atoms with Gasteiger partial charge in [0.1, 0.15) is 17.1 Å². The van der Waals surface area contributed by atoms with Crippen LogP contribution < -0.4 is 21.9 Å². The van der Waals surface area contributed by atoms with E-state index < -0.39 is 17.2 Å². The average molecular weight is 349 g/mol. The van der Waals surface area contributed by atoms with Gasteiger partial charge < -0.3 is 15.2 Å². The summed E-state index contributed by atoms with van der Waals surface area (Å²) < 4.78 is 6.35. The molecule has 0 saturated heterocycles. The quantitative estimate of drug-likeness (QED) is 0.802. The van der Waals surface area contributed by atoms with Crippen molar-refractivity contribution in [2.45, 2.75) is 46.6 Å². The fraction of sp³-hybridized carbons (Fsp3) is 0.500. The Balaban J connectivity index is 2.53. The molecule has 0 aliphatic rings. The van der Waals surface area contributed by atoms with Gasteiger partial charge in [-0.1, -0.05) is 25.4 Å². The lowest BCUT2D eigenvalue weighted by molar-refractivity contribution is 0.0990. The van der Waals surface area contributed by atoms with Crippen LogP contribution in [0.5, 0.6) is 0 Å². The Morgan fingerprint density at radius 3 is 2.64 bits per heavy atom. The van der Waals surface area contributed by atoms with Gasteiger partial charge in [0.15, 0.2) is 5.69 Å². The highest BCUT2D eigenvalue weighted by atomic mass is 16.5. The molecule has 0 unspecified atom stereocenters. The van der Waals surface area contributed by atoms with Crippen LogP contribution in [0.2, 0.25) is 0 Å². The summed E-state index contributed by atoms with van der Waals surface area (Å²) >= 11 is 0. The molecule has 0 saturated carbocycles. The second kappa shape index (κ2) is 7.37. The van der Waals surface area contributed by atoms with Crippen LogP contribution in [-0.4, -0.2) is 27.7 Å². The predicted molar refractivity (Wildman–Crippen MR) is 94.0 cm³/mol. The number of hydrogen-bond acceptors (Lipinski definition) is 6. The lowest BCUT2D eigenvalue weighted by Gasteiger charge is -2.20. The number of anilines is 2. The molecule has 0 fully saturated rings. The molecule has 2 rings (SSSR count). The Bertz CT molecular complexity index is 893. The minimum Gasteiger partial charge on any atom is -0.383 e. The SMILES string of the molecule is CCCCn1c(N)c(N(C)C(=O)c2c(CC)noc2C)c(=O)[nH]c1=O. The number of H-pyrrole nitrogens is 1. The maximum Gasteiger partial charge on any atom is 0.330 e. The summed E-state index contributed by atoms with van der Waals surface area (Å²) in [4.78, 5) is 40.5. The standard InChI is InChI=1S/C16H23N5O4/c1-5-7-8-21-13(17)12(14(22)18-16(21)24)20(4)15(23)11-9(3)25-19-10(11)6-2/h5-8,17H2,1-4H3,(H,18,22,24). The first-order chi connectivity index (χ1) is 11.8. The topological polar surface area (TPSA) is 127 Å². The summed E-state index contributed by atoms with van der Waals surface area (Å²) in [6.45, 7) is 5.81. The Labute approximate surface area is 144 Å². The molecule has 0 bridgehead atoms. The minimum absolute atomic E-state index is 0.0368. The molecule has 25 heavy (non-hydrogen) atoms. The van der Waals surface area contributed by atoms with Crippen molar-refractivity contribution in [2.24, 2.45) is 0 Å². The first kappa shape index (κ1) is 18.5. The average Bonchev–Trinajstić information content (AvgIpc) is 2.94. The van der Waals surface area contributed by atoms with Gasteiger partial charge in [0.05, 0.1) is 5.69 Å². The van der Waals surface area contributed by atoms with Crippen molar-refractivity contribution in [3.8, 4) is 0 Å². The zero-order chi connectivity index (χ0) is 18.7. The molecule has 0 aromatic carbocycles. The lowest BCUT2D eigenvalue weighted by atomic mass is 10.1. The van der Waals surface area contributed by atoms with Crippen LogP contribution >= 0.6 is 0 Å². The van der Waals surface area contributed by atoms with Crippen LogP contribution in [0.1, 0.15) is 48.5 Å². The van der Waals surface area contributed by atoms with E-state index in [1.54, 1.807) is 6.92 Å². The molecular weight excluding hydrogens is 326 g/mol. The van der Waals surface area contributed by atoms with Gasteiger partial charge in [0.2, 0.25) is 0 Å². The van der Waals surface area contributed by atoms with Gasteiger partial charge in [0, 0.05) is 13.6 Å². The molecule has 136 valence electrons. The summed E-state index contributed by atoms with van der Waals surface area (Å²) in [5.74, 6) is -0.137. The molecule has 0 aliphatic carbocycles. The fourth-order valence-electron chi connectivity index (χ4n) is 2.64. The highest BCUT2D eigenvalue weighted by molar-refractivity contribution is 6.08. The number of nitrogens with two attached hydrogens (primary N) is 1. The Kier molecular flexibility index (Phi) is 5.45. The first-order valence-corrected chi connectivity index (χ1v) is 8.19. The van der Waals surface area contributed by atoms with E-state index in [1.807, 2.05) is 13.8 Å². The first-order valence-electron chi connectivity index (χ1n) is 8.19. The number of nitrogen functional groups attached to an aromatic ring is 1. The van der Waals surface area contributed by atoms with E-state index in [4.69, 9.17) is 10.3 Å². The van der Waals surface area contributed by atoms with Crippen LogP contribution in [0.4, 0.5) is 11.5 Å². The Morgan fingerprint density at radius 2 is 2.04 bits per heavy atom. The number of nitrogens with zero attached hydrogens (tertiary/aromatic N) is 3. The van der Waals surface area contributed by atoms with E-state index in [9.17, 15) is 14.4 Å².